The number of aliphatic imine (C=N–C) groups is 1. The fourth-order valence-corrected chi connectivity index (χ4v) is 3.77. The van der Waals surface area contributed by atoms with Gasteiger partial charge in [0.15, 0.2) is 5.58 Å². The van der Waals surface area contributed by atoms with Crippen molar-refractivity contribution >= 4 is 45.4 Å². The lowest BCUT2D eigenvalue weighted by molar-refractivity contribution is 0.565. The SMILES string of the molecule is O=c1oc2ccccc2c2oc(/N=C/c3ccsc3)c(-c3ccc(F)cc3)c12. The summed E-state index contributed by atoms with van der Waals surface area (Å²) in [5.41, 5.74) is 2.36. The molecule has 3 heterocycles. The molecule has 0 saturated carbocycles. The number of hydrogen-bond acceptors (Lipinski definition) is 5. The van der Waals surface area contributed by atoms with Crippen molar-refractivity contribution in [2.75, 3.05) is 0 Å². The molecule has 0 spiro atoms. The fourth-order valence-electron chi connectivity index (χ4n) is 3.15. The first-order valence-electron chi connectivity index (χ1n) is 8.51. The van der Waals surface area contributed by atoms with Crippen molar-refractivity contribution in [3.8, 4) is 11.1 Å². The summed E-state index contributed by atoms with van der Waals surface area (Å²) in [6.07, 6.45) is 1.67. The molecule has 0 N–H and O–H groups in total. The first-order valence-corrected chi connectivity index (χ1v) is 9.45. The zero-order valence-electron chi connectivity index (χ0n) is 14.4. The number of hydrogen-bond donors (Lipinski definition) is 0. The van der Waals surface area contributed by atoms with Gasteiger partial charge in [0.2, 0.25) is 5.88 Å². The molecule has 136 valence electrons. The summed E-state index contributed by atoms with van der Waals surface area (Å²) in [7, 11) is 0. The van der Waals surface area contributed by atoms with Gasteiger partial charge in [0.25, 0.3) is 0 Å². The Morgan fingerprint density at radius 1 is 1.00 bits per heavy atom. The third-order valence-corrected chi connectivity index (χ3v) is 5.14. The number of halogens is 1. The van der Waals surface area contributed by atoms with Gasteiger partial charge >= 0.3 is 5.63 Å². The average Bonchev–Trinajstić information content (AvgIpc) is 3.35. The van der Waals surface area contributed by atoms with Crippen molar-refractivity contribution in [3.63, 3.8) is 0 Å². The minimum atomic E-state index is -0.520. The highest BCUT2D eigenvalue weighted by atomic mass is 32.1. The predicted octanol–water partition coefficient (Wildman–Crippen LogP) is 6.16. The monoisotopic (exact) mass is 389 g/mol. The van der Waals surface area contributed by atoms with Gasteiger partial charge in [-0.05, 0) is 46.7 Å². The van der Waals surface area contributed by atoms with E-state index in [1.54, 1.807) is 41.8 Å². The number of fused-ring (bicyclic) bond motifs is 3. The maximum Gasteiger partial charge on any atom is 0.348 e. The lowest BCUT2D eigenvalue weighted by atomic mass is 10.0. The Labute approximate surface area is 162 Å². The third kappa shape index (κ3) is 2.75. The molecule has 0 amide bonds. The van der Waals surface area contributed by atoms with Crippen LogP contribution in [0, 0.1) is 5.82 Å². The summed E-state index contributed by atoms with van der Waals surface area (Å²) in [6, 6.07) is 15.0. The Morgan fingerprint density at radius 3 is 2.61 bits per heavy atom. The highest BCUT2D eigenvalue weighted by Gasteiger charge is 2.22. The molecule has 2 aromatic carbocycles. The minimum Gasteiger partial charge on any atom is -0.437 e. The standard InChI is InChI=1S/C22H12FNO3S/c23-15-7-5-14(6-8-15)18-19-20(16-3-1-2-4-17(16)26-22(19)25)27-21(18)24-11-13-9-10-28-12-13/h1-12H/b24-11+. The van der Waals surface area contributed by atoms with Crippen LogP contribution < -0.4 is 5.63 Å². The molecule has 0 aliphatic rings. The summed E-state index contributed by atoms with van der Waals surface area (Å²) >= 11 is 1.56. The van der Waals surface area contributed by atoms with E-state index in [-0.39, 0.29) is 11.7 Å². The van der Waals surface area contributed by atoms with Gasteiger partial charge in [-0.3, -0.25) is 0 Å². The van der Waals surface area contributed by atoms with Crippen LogP contribution in [0.5, 0.6) is 0 Å². The number of rotatable bonds is 3. The Kier molecular flexibility index (Phi) is 3.91. The normalized spacial score (nSPS) is 11.8. The third-order valence-electron chi connectivity index (χ3n) is 4.44. The van der Waals surface area contributed by atoms with E-state index in [4.69, 9.17) is 8.83 Å². The van der Waals surface area contributed by atoms with Gasteiger partial charge < -0.3 is 8.83 Å². The molecule has 0 atom stereocenters. The molecule has 0 radical (unpaired) electrons. The molecule has 28 heavy (non-hydrogen) atoms. The molecule has 0 fully saturated rings. The molecule has 6 heteroatoms. The molecule has 5 aromatic rings. The van der Waals surface area contributed by atoms with Gasteiger partial charge in [0.1, 0.15) is 16.8 Å². The molecular weight excluding hydrogens is 377 g/mol. The van der Waals surface area contributed by atoms with E-state index in [9.17, 15) is 9.18 Å². The van der Waals surface area contributed by atoms with Gasteiger partial charge in [0, 0.05) is 11.8 Å². The first kappa shape index (κ1) is 16.6. The summed E-state index contributed by atoms with van der Waals surface area (Å²) in [6.45, 7) is 0. The van der Waals surface area contributed by atoms with Crippen LogP contribution in [-0.2, 0) is 0 Å². The second kappa shape index (κ2) is 6.58. The molecule has 4 nitrogen and oxygen atoms in total. The van der Waals surface area contributed by atoms with E-state index >= 15 is 0 Å². The van der Waals surface area contributed by atoms with E-state index in [0.717, 1.165) is 5.56 Å². The second-order valence-electron chi connectivity index (χ2n) is 6.19. The predicted molar refractivity (Wildman–Crippen MR) is 109 cm³/mol. The quantitative estimate of drug-likeness (QED) is 0.274. The van der Waals surface area contributed by atoms with Crippen molar-refractivity contribution < 1.29 is 13.2 Å². The second-order valence-corrected chi connectivity index (χ2v) is 6.97. The molecule has 0 saturated heterocycles. The van der Waals surface area contributed by atoms with Crippen LogP contribution in [0.4, 0.5) is 10.3 Å². The zero-order valence-corrected chi connectivity index (χ0v) is 15.2. The molecular formula is C22H12FNO3S. The fraction of sp³-hybridized carbons (Fsp3) is 0. The Bertz CT molecular complexity index is 1380. The lowest BCUT2D eigenvalue weighted by Gasteiger charge is -2.00. The van der Waals surface area contributed by atoms with Crippen molar-refractivity contribution in [2.45, 2.75) is 0 Å². The van der Waals surface area contributed by atoms with E-state index in [1.165, 1.54) is 12.1 Å². The smallest absolute Gasteiger partial charge is 0.348 e. The van der Waals surface area contributed by atoms with Crippen LogP contribution in [0.15, 0.2) is 84.0 Å². The van der Waals surface area contributed by atoms with Crippen LogP contribution in [0.3, 0.4) is 0 Å². The number of nitrogens with zero attached hydrogens (tertiary/aromatic N) is 1. The molecule has 0 unspecified atom stereocenters. The van der Waals surface area contributed by atoms with Crippen molar-refractivity contribution in [1.29, 1.82) is 0 Å². The topological polar surface area (TPSA) is 55.7 Å². The Balaban J connectivity index is 1.85. The number of para-hydroxylation sites is 1. The minimum absolute atomic E-state index is 0.275. The van der Waals surface area contributed by atoms with Crippen LogP contribution in [0.2, 0.25) is 0 Å². The largest absolute Gasteiger partial charge is 0.437 e. The highest BCUT2D eigenvalue weighted by Crippen LogP contribution is 2.41. The Hall–Kier alpha value is -3.51. The molecule has 5 rings (SSSR count). The van der Waals surface area contributed by atoms with Gasteiger partial charge in [-0.15, -0.1) is 0 Å². The van der Waals surface area contributed by atoms with Crippen molar-refractivity contribution in [3.05, 3.63) is 87.2 Å². The summed E-state index contributed by atoms with van der Waals surface area (Å²) in [5.74, 6) is -0.0891. The van der Waals surface area contributed by atoms with E-state index in [1.807, 2.05) is 29.0 Å². The zero-order chi connectivity index (χ0) is 19.1. The van der Waals surface area contributed by atoms with Crippen molar-refractivity contribution in [1.82, 2.24) is 0 Å². The molecule has 3 aromatic heterocycles. The van der Waals surface area contributed by atoms with Crippen molar-refractivity contribution in [2.24, 2.45) is 4.99 Å². The van der Waals surface area contributed by atoms with Gasteiger partial charge in [-0.25, -0.2) is 14.2 Å². The van der Waals surface area contributed by atoms with Gasteiger partial charge in [-0.1, -0.05) is 24.3 Å². The van der Waals surface area contributed by atoms with Gasteiger partial charge in [0.05, 0.1) is 10.9 Å². The molecule has 0 aliphatic heterocycles. The van der Waals surface area contributed by atoms with Crippen LogP contribution in [0.25, 0.3) is 33.1 Å². The highest BCUT2D eigenvalue weighted by molar-refractivity contribution is 7.08. The van der Waals surface area contributed by atoms with Crippen LogP contribution >= 0.6 is 11.3 Å². The number of benzene rings is 2. The average molecular weight is 389 g/mol. The lowest BCUT2D eigenvalue weighted by Crippen LogP contribution is -1.99. The maximum absolute atomic E-state index is 13.4. The van der Waals surface area contributed by atoms with E-state index in [0.29, 0.717) is 33.1 Å². The van der Waals surface area contributed by atoms with Crippen LogP contribution in [-0.4, -0.2) is 6.21 Å². The molecule has 0 aliphatic carbocycles. The van der Waals surface area contributed by atoms with E-state index < -0.39 is 5.63 Å². The number of furan rings is 1. The Morgan fingerprint density at radius 2 is 1.82 bits per heavy atom. The summed E-state index contributed by atoms with van der Waals surface area (Å²) in [4.78, 5) is 17.2. The number of thiophene rings is 1. The van der Waals surface area contributed by atoms with E-state index in [2.05, 4.69) is 4.99 Å². The maximum atomic E-state index is 13.4. The van der Waals surface area contributed by atoms with Crippen LogP contribution in [0.1, 0.15) is 5.56 Å². The van der Waals surface area contributed by atoms with Gasteiger partial charge in [-0.2, -0.15) is 11.3 Å². The summed E-state index contributed by atoms with van der Waals surface area (Å²) in [5, 5.41) is 4.87. The summed E-state index contributed by atoms with van der Waals surface area (Å²) < 4.78 is 24.9. The first-order chi connectivity index (χ1) is 13.7. The molecule has 0 bridgehead atoms.